The van der Waals surface area contributed by atoms with Crippen LogP contribution in [0, 0.1) is 11.6 Å². The number of carbonyl (C=O) groups excluding carboxylic acids is 1. The van der Waals surface area contributed by atoms with E-state index in [1.165, 1.54) is 41.9 Å². The van der Waals surface area contributed by atoms with E-state index in [0.29, 0.717) is 10.2 Å². The lowest BCUT2D eigenvalue weighted by molar-refractivity contribution is -0.123. The molecule has 0 radical (unpaired) electrons. The third kappa shape index (κ3) is 4.38. The fraction of sp³-hybridized carbons (Fsp3) is 0.0952. The molecule has 5 nitrogen and oxygen atoms in total. The van der Waals surface area contributed by atoms with Crippen LogP contribution in [-0.2, 0) is 11.3 Å². The highest BCUT2D eigenvalue weighted by Gasteiger charge is 2.15. The number of thiophene rings is 1. The molecule has 0 fully saturated rings. The molecule has 2 aromatic heterocycles. The summed E-state index contributed by atoms with van der Waals surface area (Å²) >= 11 is 1.41. The third-order valence-corrected chi connectivity index (χ3v) is 5.12. The molecule has 29 heavy (non-hydrogen) atoms. The molecule has 0 aliphatic rings. The smallest absolute Gasteiger partial charge is 0.258 e. The first kappa shape index (κ1) is 18.9. The van der Waals surface area contributed by atoms with Crippen molar-refractivity contribution in [3.05, 3.63) is 77.4 Å². The van der Waals surface area contributed by atoms with Gasteiger partial charge in [0.05, 0.1) is 5.39 Å². The Kier molecular flexibility index (Phi) is 5.44. The van der Waals surface area contributed by atoms with E-state index in [-0.39, 0.29) is 36.6 Å². The lowest BCUT2D eigenvalue weighted by Gasteiger charge is -2.09. The van der Waals surface area contributed by atoms with Crippen LogP contribution < -0.4 is 10.1 Å². The Bertz CT molecular complexity index is 1150. The Morgan fingerprint density at radius 2 is 1.69 bits per heavy atom. The zero-order valence-corrected chi connectivity index (χ0v) is 15.9. The zero-order chi connectivity index (χ0) is 20.2. The van der Waals surface area contributed by atoms with Gasteiger partial charge in [-0.2, -0.15) is 0 Å². The molecule has 4 rings (SSSR count). The van der Waals surface area contributed by atoms with Gasteiger partial charge in [-0.05, 0) is 35.4 Å². The van der Waals surface area contributed by atoms with Gasteiger partial charge in [-0.25, -0.2) is 18.7 Å². The first-order valence-electron chi connectivity index (χ1n) is 8.72. The second kappa shape index (κ2) is 8.32. The van der Waals surface area contributed by atoms with Gasteiger partial charge in [-0.3, -0.25) is 4.79 Å². The van der Waals surface area contributed by atoms with Crippen LogP contribution in [0.15, 0.2) is 60.2 Å². The van der Waals surface area contributed by atoms with E-state index in [1.54, 1.807) is 24.3 Å². The topological polar surface area (TPSA) is 64.1 Å². The Morgan fingerprint density at radius 3 is 2.41 bits per heavy atom. The van der Waals surface area contributed by atoms with Gasteiger partial charge in [0, 0.05) is 17.5 Å². The SMILES string of the molecule is O=C(COc1ncnc2scc(-c3ccc(F)cc3)c12)NCc1ccc(F)cc1. The number of carbonyl (C=O) groups is 1. The van der Waals surface area contributed by atoms with Crippen molar-refractivity contribution in [2.24, 2.45) is 0 Å². The number of rotatable bonds is 6. The Hall–Kier alpha value is -3.39. The summed E-state index contributed by atoms with van der Waals surface area (Å²) in [5, 5.41) is 5.29. The lowest BCUT2D eigenvalue weighted by atomic mass is 10.1. The first-order valence-corrected chi connectivity index (χ1v) is 9.60. The lowest BCUT2D eigenvalue weighted by Crippen LogP contribution is -2.28. The van der Waals surface area contributed by atoms with Gasteiger partial charge in [0.15, 0.2) is 6.61 Å². The molecule has 0 saturated carbocycles. The molecule has 0 aliphatic carbocycles. The monoisotopic (exact) mass is 411 g/mol. The van der Waals surface area contributed by atoms with E-state index in [1.807, 2.05) is 5.38 Å². The van der Waals surface area contributed by atoms with Crippen LogP contribution in [0.5, 0.6) is 5.88 Å². The minimum Gasteiger partial charge on any atom is -0.467 e. The van der Waals surface area contributed by atoms with Gasteiger partial charge in [-0.1, -0.05) is 24.3 Å². The highest BCUT2D eigenvalue weighted by atomic mass is 32.1. The Labute approximate surface area is 169 Å². The van der Waals surface area contributed by atoms with E-state index in [4.69, 9.17) is 4.74 Å². The van der Waals surface area contributed by atoms with Gasteiger partial charge in [0.2, 0.25) is 5.88 Å². The number of halogens is 2. The standard InChI is InChI=1S/C21H15F2N3O2S/c22-15-5-1-13(2-6-15)9-24-18(27)10-28-20-19-17(11-29-21(19)26-12-25-20)14-3-7-16(23)8-4-14/h1-8,11-12H,9-10H2,(H,24,27). The van der Waals surface area contributed by atoms with Gasteiger partial charge in [0.25, 0.3) is 5.91 Å². The number of aromatic nitrogens is 2. The third-order valence-electron chi connectivity index (χ3n) is 4.23. The maximum atomic E-state index is 13.2. The van der Waals surface area contributed by atoms with Crippen LogP contribution in [0.1, 0.15) is 5.56 Å². The number of nitrogens with one attached hydrogen (secondary N) is 1. The summed E-state index contributed by atoms with van der Waals surface area (Å²) in [5.41, 5.74) is 2.39. The maximum absolute atomic E-state index is 13.2. The number of nitrogens with zero attached hydrogens (tertiary/aromatic N) is 2. The minimum atomic E-state index is -0.334. The van der Waals surface area contributed by atoms with Crippen LogP contribution >= 0.6 is 11.3 Å². The Balaban J connectivity index is 1.47. The molecule has 2 heterocycles. The minimum absolute atomic E-state index is 0.230. The highest BCUT2D eigenvalue weighted by molar-refractivity contribution is 7.17. The number of hydrogen-bond donors (Lipinski definition) is 1. The predicted molar refractivity (Wildman–Crippen MR) is 107 cm³/mol. The van der Waals surface area contributed by atoms with Crippen LogP contribution in [-0.4, -0.2) is 22.5 Å². The summed E-state index contributed by atoms with van der Waals surface area (Å²) in [7, 11) is 0. The van der Waals surface area contributed by atoms with E-state index < -0.39 is 0 Å². The number of ether oxygens (including phenoxy) is 1. The first-order chi connectivity index (χ1) is 14.1. The average molecular weight is 411 g/mol. The molecule has 146 valence electrons. The second-order valence-electron chi connectivity index (χ2n) is 6.21. The molecule has 1 N–H and O–H groups in total. The molecule has 0 bridgehead atoms. The molecule has 0 atom stereocenters. The zero-order valence-electron chi connectivity index (χ0n) is 15.1. The van der Waals surface area contributed by atoms with Crippen molar-refractivity contribution in [2.45, 2.75) is 6.54 Å². The highest BCUT2D eigenvalue weighted by Crippen LogP contribution is 2.37. The molecule has 1 amide bonds. The van der Waals surface area contributed by atoms with Gasteiger partial charge >= 0.3 is 0 Å². The van der Waals surface area contributed by atoms with E-state index in [9.17, 15) is 13.6 Å². The molecule has 2 aromatic carbocycles. The quantitative estimate of drug-likeness (QED) is 0.513. The summed E-state index contributed by atoms with van der Waals surface area (Å²) in [6, 6.07) is 12.0. The van der Waals surface area contributed by atoms with Crippen LogP contribution in [0.2, 0.25) is 0 Å². The molecule has 0 saturated heterocycles. The van der Waals surface area contributed by atoms with Crippen molar-refractivity contribution in [1.29, 1.82) is 0 Å². The molecular formula is C21H15F2N3O2S. The van der Waals surface area contributed by atoms with Gasteiger partial charge in [0.1, 0.15) is 22.8 Å². The van der Waals surface area contributed by atoms with Crippen LogP contribution in [0.25, 0.3) is 21.3 Å². The van der Waals surface area contributed by atoms with Crippen molar-refractivity contribution < 1.29 is 18.3 Å². The van der Waals surface area contributed by atoms with E-state index in [0.717, 1.165) is 16.7 Å². The normalized spacial score (nSPS) is 10.8. The summed E-state index contributed by atoms with van der Waals surface area (Å²) in [4.78, 5) is 21.2. The molecule has 0 unspecified atom stereocenters. The van der Waals surface area contributed by atoms with Crippen molar-refractivity contribution in [1.82, 2.24) is 15.3 Å². The molecule has 8 heteroatoms. The number of amides is 1. The molecule has 0 spiro atoms. The fourth-order valence-electron chi connectivity index (χ4n) is 2.79. The largest absolute Gasteiger partial charge is 0.467 e. The second-order valence-corrected chi connectivity index (χ2v) is 7.07. The number of fused-ring (bicyclic) bond motifs is 1. The van der Waals surface area contributed by atoms with Gasteiger partial charge in [-0.15, -0.1) is 11.3 Å². The number of hydrogen-bond acceptors (Lipinski definition) is 5. The molecule has 0 aliphatic heterocycles. The van der Waals surface area contributed by atoms with Crippen molar-refractivity contribution >= 4 is 27.5 Å². The summed E-state index contributed by atoms with van der Waals surface area (Å²) in [5.74, 6) is -0.699. The molecular weight excluding hydrogens is 396 g/mol. The summed E-state index contributed by atoms with van der Waals surface area (Å²) in [6.45, 7) is 0.0347. The summed E-state index contributed by atoms with van der Waals surface area (Å²) < 4.78 is 31.8. The van der Waals surface area contributed by atoms with E-state index in [2.05, 4.69) is 15.3 Å². The van der Waals surface area contributed by atoms with E-state index >= 15 is 0 Å². The number of benzene rings is 2. The fourth-order valence-corrected chi connectivity index (χ4v) is 3.69. The van der Waals surface area contributed by atoms with Crippen LogP contribution in [0.3, 0.4) is 0 Å². The summed E-state index contributed by atoms with van der Waals surface area (Å²) in [6.07, 6.45) is 1.37. The predicted octanol–water partition coefficient (Wildman–Crippen LogP) is 4.33. The Morgan fingerprint density at radius 1 is 1.00 bits per heavy atom. The van der Waals surface area contributed by atoms with Crippen molar-refractivity contribution in [2.75, 3.05) is 6.61 Å². The average Bonchev–Trinajstić information content (AvgIpc) is 3.17. The van der Waals surface area contributed by atoms with Crippen LogP contribution in [0.4, 0.5) is 8.78 Å². The van der Waals surface area contributed by atoms with Crippen molar-refractivity contribution in [3.63, 3.8) is 0 Å². The molecule has 4 aromatic rings. The maximum Gasteiger partial charge on any atom is 0.258 e. The van der Waals surface area contributed by atoms with Gasteiger partial charge < -0.3 is 10.1 Å². The van der Waals surface area contributed by atoms with Crippen molar-refractivity contribution in [3.8, 4) is 17.0 Å².